The molecule has 0 fully saturated rings. The lowest BCUT2D eigenvalue weighted by molar-refractivity contribution is 0.0956. The minimum Gasteiger partial charge on any atom is -0.382 e. The zero-order chi connectivity index (χ0) is 18.7. The van der Waals surface area contributed by atoms with Crippen LogP contribution in [-0.4, -0.2) is 39.4 Å². The quantitative estimate of drug-likeness (QED) is 0.618. The number of amides is 1. The molecule has 9 heteroatoms. The van der Waals surface area contributed by atoms with E-state index in [9.17, 15) is 4.79 Å². The van der Waals surface area contributed by atoms with Crippen LogP contribution < -0.4 is 21.7 Å². The number of nitrogen functional groups attached to an aromatic ring is 2. The highest BCUT2D eigenvalue weighted by molar-refractivity contribution is 5.94. The van der Waals surface area contributed by atoms with Crippen LogP contribution in [0, 0.1) is 0 Å². The zero-order valence-corrected chi connectivity index (χ0v) is 14.6. The molecule has 1 amide bonds. The van der Waals surface area contributed by atoms with Gasteiger partial charge in [0.1, 0.15) is 0 Å². The first kappa shape index (κ1) is 17.3. The average Bonchev–Trinajstić information content (AvgIpc) is 2.62. The first-order valence-electron chi connectivity index (χ1n) is 8.12. The zero-order valence-electron chi connectivity index (χ0n) is 14.6. The lowest BCUT2D eigenvalue weighted by Crippen LogP contribution is -2.23. The Morgan fingerprint density at radius 2 is 1.88 bits per heavy atom. The summed E-state index contributed by atoms with van der Waals surface area (Å²) in [5.74, 6) is 0.189. The first-order chi connectivity index (χ1) is 12.5. The summed E-state index contributed by atoms with van der Waals surface area (Å²) in [6, 6.07) is 7.35. The minimum atomic E-state index is -0.0863. The van der Waals surface area contributed by atoms with Gasteiger partial charge in [0.2, 0.25) is 5.95 Å². The van der Waals surface area contributed by atoms with E-state index in [0.29, 0.717) is 35.5 Å². The largest absolute Gasteiger partial charge is 0.382 e. The third kappa shape index (κ3) is 3.61. The molecule has 5 N–H and O–H groups in total. The standard InChI is InChI=1S/C17H20N8O/c1-3-20-16(26)10-4-6-12(7-5-10)25(2)9-11-8-21-15-13(22-11)14(18)23-17(19)24-15/h4-8H,3,9H2,1-2H3,(H,20,26)(H4,18,19,21,23,24). The van der Waals surface area contributed by atoms with Crippen LogP contribution in [0.4, 0.5) is 17.5 Å². The van der Waals surface area contributed by atoms with E-state index in [-0.39, 0.29) is 17.7 Å². The highest BCUT2D eigenvalue weighted by Crippen LogP contribution is 2.18. The van der Waals surface area contributed by atoms with Crippen molar-refractivity contribution < 1.29 is 4.79 Å². The Morgan fingerprint density at radius 1 is 1.15 bits per heavy atom. The number of benzene rings is 1. The number of aromatic nitrogens is 4. The van der Waals surface area contributed by atoms with E-state index >= 15 is 0 Å². The number of carbonyl (C=O) groups excluding carboxylic acids is 1. The molecule has 0 atom stereocenters. The van der Waals surface area contributed by atoms with Crippen molar-refractivity contribution in [3.8, 4) is 0 Å². The van der Waals surface area contributed by atoms with Crippen molar-refractivity contribution in [1.29, 1.82) is 0 Å². The van der Waals surface area contributed by atoms with E-state index in [1.807, 2.05) is 31.0 Å². The molecule has 3 aromatic rings. The average molecular weight is 352 g/mol. The molecular weight excluding hydrogens is 332 g/mol. The van der Waals surface area contributed by atoms with E-state index in [0.717, 1.165) is 5.69 Å². The molecule has 0 aliphatic carbocycles. The van der Waals surface area contributed by atoms with Gasteiger partial charge in [0, 0.05) is 24.8 Å². The summed E-state index contributed by atoms with van der Waals surface area (Å²) in [7, 11) is 1.93. The first-order valence-corrected chi connectivity index (χ1v) is 8.12. The van der Waals surface area contributed by atoms with E-state index in [1.54, 1.807) is 18.3 Å². The molecule has 1 aromatic carbocycles. The van der Waals surface area contributed by atoms with E-state index in [4.69, 9.17) is 11.5 Å². The van der Waals surface area contributed by atoms with Gasteiger partial charge in [-0.05, 0) is 31.2 Å². The van der Waals surface area contributed by atoms with Gasteiger partial charge < -0.3 is 21.7 Å². The van der Waals surface area contributed by atoms with E-state index in [2.05, 4.69) is 25.3 Å². The second-order valence-corrected chi connectivity index (χ2v) is 5.76. The number of fused-ring (bicyclic) bond motifs is 1. The van der Waals surface area contributed by atoms with Gasteiger partial charge in [0.15, 0.2) is 17.0 Å². The minimum absolute atomic E-state index is 0.0707. The number of nitrogens with two attached hydrogens (primary N) is 2. The Balaban J connectivity index is 1.78. The number of carbonyl (C=O) groups is 1. The fourth-order valence-electron chi connectivity index (χ4n) is 2.52. The Labute approximate surface area is 150 Å². The Kier molecular flexibility index (Phi) is 4.78. The molecule has 0 bridgehead atoms. The van der Waals surface area contributed by atoms with Gasteiger partial charge >= 0.3 is 0 Å². The van der Waals surface area contributed by atoms with Crippen molar-refractivity contribution in [3.05, 3.63) is 41.7 Å². The summed E-state index contributed by atoms with van der Waals surface area (Å²) in [5, 5.41) is 2.77. The van der Waals surface area contributed by atoms with Gasteiger partial charge in [-0.3, -0.25) is 4.79 Å². The van der Waals surface area contributed by atoms with Gasteiger partial charge in [-0.2, -0.15) is 9.97 Å². The van der Waals surface area contributed by atoms with Crippen LogP contribution in [0.5, 0.6) is 0 Å². The number of anilines is 3. The number of nitrogens with one attached hydrogen (secondary N) is 1. The van der Waals surface area contributed by atoms with Crippen LogP contribution >= 0.6 is 0 Å². The van der Waals surface area contributed by atoms with Gasteiger partial charge in [-0.1, -0.05) is 0 Å². The van der Waals surface area contributed by atoms with Crippen LogP contribution in [-0.2, 0) is 6.54 Å². The predicted molar refractivity (Wildman–Crippen MR) is 101 cm³/mol. The molecule has 0 saturated carbocycles. The second kappa shape index (κ2) is 7.18. The lowest BCUT2D eigenvalue weighted by atomic mass is 10.2. The van der Waals surface area contributed by atoms with Crippen molar-refractivity contribution in [3.63, 3.8) is 0 Å². The monoisotopic (exact) mass is 352 g/mol. The van der Waals surface area contributed by atoms with Crippen molar-refractivity contribution in [1.82, 2.24) is 25.3 Å². The maximum absolute atomic E-state index is 11.8. The molecule has 2 aromatic heterocycles. The Hall–Kier alpha value is -3.49. The highest BCUT2D eigenvalue weighted by Gasteiger charge is 2.10. The smallest absolute Gasteiger partial charge is 0.251 e. The summed E-state index contributed by atoms with van der Waals surface area (Å²) >= 11 is 0. The van der Waals surface area contributed by atoms with Crippen molar-refractivity contribution in [2.45, 2.75) is 13.5 Å². The molecule has 0 saturated heterocycles. The summed E-state index contributed by atoms with van der Waals surface area (Å²) in [6.07, 6.45) is 1.63. The summed E-state index contributed by atoms with van der Waals surface area (Å²) in [5.41, 5.74) is 14.5. The lowest BCUT2D eigenvalue weighted by Gasteiger charge is -2.19. The molecule has 0 radical (unpaired) electrons. The Morgan fingerprint density at radius 3 is 2.58 bits per heavy atom. The number of hydrogen-bond acceptors (Lipinski definition) is 8. The molecule has 0 aliphatic heterocycles. The SMILES string of the molecule is CCNC(=O)c1ccc(N(C)Cc2cnc3nc(N)nc(N)c3n2)cc1. The summed E-state index contributed by atoms with van der Waals surface area (Å²) < 4.78 is 0. The van der Waals surface area contributed by atoms with Crippen LogP contribution in [0.1, 0.15) is 23.0 Å². The molecule has 0 aliphatic rings. The molecule has 9 nitrogen and oxygen atoms in total. The molecule has 2 heterocycles. The summed E-state index contributed by atoms with van der Waals surface area (Å²) in [6.45, 7) is 2.99. The maximum atomic E-state index is 11.8. The van der Waals surface area contributed by atoms with Gasteiger partial charge in [-0.15, -0.1) is 0 Å². The van der Waals surface area contributed by atoms with Crippen LogP contribution in [0.2, 0.25) is 0 Å². The van der Waals surface area contributed by atoms with Crippen LogP contribution in [0.25, 0.3) is 11.2 Å². The third-order valence-corrected chi connectivity index (χ3v) is 3.81. The second-order valence-electron chi connectivity index (χ2n) is 5.76. The maximum Gasteiger partial charge on any atom is 0.251 e. The number of rotatable bonds is 5. The van der Waals surface area contributed by atoms with E-state index < -0.39 is 0 Å². The van der Waals surface area contributed by atoms with Crippen LogP contribution in [0.15, 0.2) is 30.5 Å². The fraction of sp³-hybridized carbons (Fsp3) is 0.235. The van der Waals surface area contributed by atoms with Gasteiger partial charge in [0.05, 0.1) is 18.4 Å². The molecule has 3 rings (SSSR count). The molecule has 0 unspecified atom stereocenters. The fourth-order valence-corrected chi connectivity index (χ4v) is 2.52. The molecular formula is C17H20N8O. The van der Waals surface area contributed by atoms with Crippen molar-refractivity contribution >= 4 is 34.5 Å². The van der Waals surface area contributed by atoms with Crippen LogP contribution in [0.3, 0.4) is 0 Å². The molecule has 26 heavy (non-hydrogen) atoms. The van der Waals surface area contributed by atoms with Crippen molar-refractivity contribution in [2.24, 2.45) is 0 Å². The summed E-state index contributed by atoms with van der Waals surface area (Å²) in [4.78, 5) is 30.5. The molecule has 0 spiro atoms. The number of hydrogen-bond donors (Lipinski definition) is 3. The van der Waals surface area contributed by atoms with Gasteiger partial charge in [-0.25, -0.2) is 9.97 Å². The highest BCUT2D eigenvalue weighted by atomic mass is 16.1. The molecule has 134 valence electrons. The predicted octanol–water partition coefficient (Wildman–Crippen LogP) is 0.970. The van der Waals surface area contributed by atoms with Gasteiger partial charge in [0.25, 0.3) is 5.91 Å². The van der Waals surface area contributed by atoms with E-state index in [1.165, 1.54) is 0 Å². The topological polar surface area (TPSA) is 136 Å². The number of nitrogens with zero attached hydrogens (tertiary/aromatic N) is 5. The normalized spacial score (nSPS) is 10.7. The Bertz CT molecular complexity index is 941. The third-order valence-electron chi connectivity index (χ3n) is 3.81. The van der Waals surface area contributed by atoms with Crippen molar-refractivity contribution in [2.75, 3.05) is 30.0 Å².